The summed E-state index contributed by atoms with van der Waals surface area (Å²) in [5.74, 6) is 2.17. The van der Waals surface area contributed by atoms with Gasteiger partial charge in [0.2, 0.25) is 11.7 Å². The quantitative estimate of drug-likeness (QED) is 0.718. The molecule has 0 radical (unpaired) electrons. The minimum atomic E-state index is 0.0290. The van der Waals surface area contributed by atoms with Crippen molar-refractivity contribution in [2.45, 2.75) is 19.5 Å². The molecule has 5 nitrogen and oxygen atoms in total. The topological polar surface area (TPSA) is 55.3 Å². The predicted octanol–water partition coefficient (Wildman–Crippen LogP) is 3.58. The number of rotatable bonds is 5. The second-order valence-electron chi connectivity index (χ2n) is 4.60. The van der Waals surface area contributed by atoms with Crippen LogP contribution in [0, 0.1) is 0 Å². The molecule has 3 aromatic rings. The Morgan fingerprint density at radius 1 is 1.35 bits per heavy atom. The van der Waals surface area contributed by atoms with Gasteiger partial charge in [-0.2, -0.15) is 4.98 Å². The molecule has 20 heavy (non-hydrogen) atoms. The van der Waals surface area contributed by atoms with Crippen molar-refractivity contribution in [3.63, 3.8) is 0 Å². The van der Waals surface area contributed by atoms with Gasteiger partial charge >= 0.3 is 0 Å². The average molecular weight is 289 g/mol. The molecule has 104 valence electrons. The second kappa shape index (κ2) is 5.60. The molecular formula is C14H15N3O2S. The lowest BCUT2D eigenvalue weighted by Crippen LogP contribution is -2.21. The molecule has 0 aliphatic carbocycles. The van der Waals surface area contributed by atoms with E-state index in [4.69, 9.17) is 8.94 Å². The molecule has 3 aromatic heterocycles. The highest BCUT2D eigenvalue weighted by atomic mass is 32.1. The van der Waals surface area contributed by atoms with Crippen LogP contribution in [0.5, 0.6) is 0 Å². The van der Waals surface area contributed by atoms with Crippen LogP contribution in [0.2, 0.25) is 0 Å². The van der Waals surface area contributed by atoms with E-state index in [2.05, 4.69) is 15.0 Å². The molecule has 6 heteroatoms. The van der Waals surface area contributed by atoms with Crippen LogP contribution in [-0.2, 0) is 6.54 Å². The zero-order valence-corrected chi connectivity index (χ0v) is 12.1. The van der Waals surface area contributed by atoms with E-state index in [1.807, 2.05) is 43.6 Å². The Morgan fingerprint density at radius 2 is 2.25 bits per heavy atom. The first-order valence-electron chi connectivity index (χ1n) is 6.34. The Labute approximate surface area is 120 Å². The van der Waals surface area contributed by atoms with Gasteiger partial charge in [-0.1, -0.05) is 11.2 Å². The summed E-state index contributed by atoms with van der Waals surface area (Å²) in [6.07, 6.45) is 1.68. The van der Waals surface area contributed by atoms with Gasteiger partial charge in [0.1, 0.15) is 5.76 Å². The van der Waals surface area contributed by atoms with Crippen molar-refractivity contribution in [2.24, 2.45) is 0 Å². The third-order valence-electron chi connectivity index (χ3n) is 3.19. The van der Waals surface area contributed by atoms with Gasteiger partial charge in [-0.25, -0.2) is 0 Å². The highest BCUT2D eigenvalue weighted by molar-refractivity contribution is 7.13. The van der Waals surface area contributed by atoms with Crippen LogP contribution in [0.1, 0.15) is 24.6 Å². The number of nitrogens with zero attached hydrogens (tertiary/aromatic N) is 3. The molecule has 3 heterocycles. The van der Waals surface area contributed by atoms with Crippen molar-refractivity contribution in [3.8, 4) is 10.7 Å². The summed E-state index contributed by atoms with van der Waals surface area (Å²) in [7, 11) is 2.00. The maximum absolute atomic E-state index is 5.36. The van der Waals surface area contributed by atoms with Gasteiger partial charge in [-0.05, 0) is 37.6 Å². The monoisotopic (exact) mass is 289 g/mol. The van der Waals surface area contributed by atoms with Gasteiger partial charge < -0.3 is 8.94 Å². The summed E-state index contributed by atoms with van der Waals surface area (Å²) in [5, 5.41) is 6.03. The van der Waals surface area contributed by atoms with Gasteiger partial charge in [0, 0.05) is 0 Å². The summed E-state index contributed by atoms with van der Waals surface area (Å²) in [5.41, 5.74) is 0. The Bertz CT molecular complexity index is 646. The highest BCUT2D eigenvalue weighted by Crippen LogP contribution is 2.25. The van der Waals surface area contributed by atoms with Gasteiger partial charge in [-0.15, -0.1) is 11.3 Å². The largest absolute Gasteiger partial charge is 0.468 e. The van der Waals surface area contributed by atoms with Crippen LogP contribution in [0.15, 0.2) is 44.8 Å². The van der Waals surface area contributed by atoms with E-state index in [0.717, 1.165) is 10.6 Å². The third kappa shape index (κ3) is 2.66. The number of furan rings is 1. The average Bonchev–Trinajstić information content (AvgIpc) is 3.18. The molecule has 0 bridgehead atoms. The lowest BCUT2D eigenvalue weighted by Gasteiger charge is -2.19. The van der Waals surface area contributed by atoms with Crippen LogP contribution in [0.3, 0.4) is 0 Å². The van der Waals surface area contributed by atoms with Crippen molar-refractivity contribution in [2.75, 3.05) is 7.05 Å². The van der Waals surface area contributed by atoms with Crippen molar-refractivity contribution in [1.82, 2.24) is 15.0 Å². The Morgan fingerprint density at radius 3 is 2.95 bits per heavy atom. The summed E-state index contributed by atoms with van der Waals surface area (Å²) in [6, 6.07) is 7.82. The second-order valence-corrected chi connectivity index (χ2v) is 5.55. The fraction of sp³-hybridized carbons (Fsp3) is 0.286. The maximum atomic E-state index is 5.36. The van der Waals surface area contributed by atoms with Crippen LogP contribution in [0.4, 0.5) is 0 Å². The molecule has 0 N–H and O–H groups in total. The first kappa shape index (κ1) is 13.1. The molecule has 1 atom stereocenters. The molecule has 0 saturated heterocycles. The van der Waals surface area contributed by atoms with Gasteiger partial charge in [-0.3, -0.25) is 4.90 Å². The standard InChI is InChI=1S/C14H15N3O2S/c1-10(17(2)9-11-5-3-7-18-11)14-15-13(16-19-14)12-6-4-8-20-12/h3-8,10H,9H2,1-2H3. The molecule has 1 unspecified atom stereocenters. The third-order valence-corrected chi connectivity index (χ3v) is 4.05. The number of hydrogen-bond acceptors (Lipinski definition) is 6. The first-order chi connectivity index (χ1) is 9.74. The van der Waals surface area contributed by atoms with Crippen LogP contribution < -0.4 is 0 Å². The first-order valence-corrected chi connectivity index (χ1v) is 7.22. The summed E-state index contributed by atoms with van der Waals surface area (Å²) in [4.78, 5) is 7.58. The Balaban J connectivity index is 1.72. The molecule has 0 fully saturated rings. The van der Waals surface area contributed by atoms with E-state index >= 15 is 0 Å². The molecule has 0 aliphatic rings. The van der Waals surface area contributed by atoms with E-state index in [1.54, 1.807) is 17.6 Å². The lowest BCUT2D eigenvalue weighted by molar-refractivity contribution is 0.190. The van der Waals surface area contributed by atoms with Crippen molar-refractivity contribution >= 4 is 11.3 Å². The minimum absolute atomic E-state index is 0.0290. The van der Waals surface area contributed by atoms with Gasteiger partial charge in [0.05, 0.1) is 23.7 Å². The van der Waals surface area contributed by atoms with E-state index in [0.29, 0.717) is 18.3 Å². The molecule has 0 spiro atoms. The Kier molecular flexibility index (Phi) is 3.66. The lowest BCUT2D eigenvalue weighted by atomic mass is 10.3. The SMILES string of the molecule is CC(c1nc(-c2cccs2)no1)N(C)Cc1ccco1. The fourth-order valence-corrected chi connectivity index (χ4v) is 2.53. The van der Waals surface area contributed by atoms with Crippen molar-refractivity contribution in [3.05, 3.63) is 47.6 Å². The normalized spacial score (nSPS) is 12.9. The van der Waals surface area contributed by atoms with Crippen LogP contribution >= 0.6 is 11.3 Å². The molecular weight excluding hydrogens is 274 g/mol. The van der Waals surface area contributed by atoms with E-state index in [-0.39, 0.29) is 6.04 Å². The maximum Gasteiger partial charge on any atom is 0.244 e. The van der Waals surface area contributed by atoms with E-state index < -0.39 is 0 Å². The molecule has 0 amide bonds. The van der Waals surface area contributed by atoms with Crippen LogP contribution in [0.25, 0.3) is 10.7 Å². The van der Waals surface area contributed by atoms with E-state index in [9.17, 15) is 0 Å². The van der Waals surface area contributed by atoms with Crippen LogP contribution in [-0.4, -0.2) is 22.1 Å². The number of hydrogen-bond donors (Lipinski definition) is 0. The molecule has 0 saturated carbocycles. The van der Waals surface area contributed by atoms with Crippen molar-refractivity contribution < 1.29 is 8.94 Å². The number of thiophene rings is 1. The summed E-state index contributed by atoms with van der Waals surface area (Å²) >= 11 is 1.60. The Hall–Kier alpha value is -1.92. The molecule has 0 aromatic carbocycles. The number of aromatic nitrogens is 2. The zero-order valence-electron chi connectivity index (χ0n) is 11.3. The van der Waals surface area contributed by atoms with Crippen molar-refractivity contribution in [1.29, 1.82) is 0 Å². The summed E-state index contributed by atoms with van der Waals surface area (Å²) in [6.45, 7) is 2.74. The highest BCUT2D eigenvalue weighted by Gasteiger charge is 2.20. The predicted molar refractivity (Wildman–Crippen MR) is 76.2 cm³/mol. The van der Waals surface area contributed by atoms with E-state index in [1.165, 1.54) is 0 Å². The summed E-state index contributed by atoms with van der Waals surface area (Å²) < 4.78 is 10.7. The minimum Gasteiger partial charge on any atom is -0.468 e. The van der Waals surface area contributed by atoms with Gasteiger partial charge in [0.25, 0.3) is 0 Å². The molecule has 0 aliphatic heterocycles. The zero-order chi connectivity index (χ0) is 13.9. The molecule has 3 rings (SSSR count). The fourth-order valence-electron chi connectivity index (χ4n) is 1.88. The smallest absolute Gasteiger partial charge is 0.244 e. The van der Waals surface area contributed by atoms with Gasteiger partial charge in [0.15, 0.2) is 0 Å².